The van der Waals surface area contributed by atoms with Crippen molar-refractivity contribution in [1.29, 1.82) is 5.26 Å². The Morgan fingerprint density at radius 3 is 2.47 bits per heavy atom. The Bertz CT molecular complexity index is 344. The molecule has 0 amide bonds. The van der Waals surface area contributed by atoms with Crippen LogP contribution in [0, 0.1) is 11.3 Å². The first kappa shape index (κ1) is 10.2. The second kappa shape index (κ2) is 4.95. The highest BCUT2D eigenvalue weighted by atomic mass is 16.5. The number of ether oxygens (including phenoxy) is 1. The Kier molecular flexibility index (Phi) is 3.37. The maximum Gasteiger partial charge on any atom is 0.0669 e. The van der Waals surface area contributed by atoms with E-state index in [4.69, 9.17) is 10.00 Å². The lowest BCUT2D eigenvalue weighted by atomic mass is 9.91. The van der Waals surface area contributed by atoms with Crippen molar-refractivity contribution < 1.29 is 4.74 Å². The number of hydrogen-bond acceptors (Lipinski definition) is 2. The zero-order valence-corrected chi connectivity index (χ0v) is 8.78. The summed E-state index contributed by atoms with van der Waals surface area (Å²) < 4.78 is 5.34. The van der Waals surface area contributed by atoms with E-state index in [9.17, 15) is 0 Å². The van der Waals surface area contributed by atoms with Crippen LogP contribution in [0.4, 0.5) is 0 Å². The summed E-state index contributed by atoms with van der Waals surface area (Å²) in [6.45, 7) is 1.76. The Morgan fingerprint density at radius 1 is 1.20 bits per heavy atom. The topological polar surface area (TPSA) is 33.0 Å². The molecule has 0 atom stereocenters. The molecule has 0 N–H and O–H groups in total. The molecule has 1 aliphatic rings. The van der Waals surface area contributed by atoms with E-state index in [1.165, 1.54) is 5.56 Å². The fourth-order valence-corrected chi connectivity index (χ4v) is 2.03. The first-order valence-electron chi connectivity index (χ1n) is 5.43. The molecular weight excluding hydrogens is 186 g/mol. The molecule has 0 aromatic heterocycles. The molecule has 1 heterocycles. The first-order valence-corrected chi connectivity index (χ1v) is 5.43. The highest BCUT2D eigenvalue weighted by Crippen LogP contribution is 2.26. The molecule has 0 bridgehead atoms. The third-order valence-corrected chi connectivity index (χ3v) is 2.96. The quantitative estimate of drug-likeness (QED) is 0.737. The highest BCUT2D eigenvalue weighted by Gasteiger charge is 2.15. The van der Waals surface area contributed by atoms with Gasteiger partial charge in [-0.3, -0.25) is 0 Å². The lowest BCUT2D eigenvalue weighted by molar-refractivity contribution is 0.0853. The Morgan fingerprint density at radius 2 is 1.87 bits per heavy atom. The second-order valence-corrected chi connectivity index (χ2v) is 3.96. The molecule has 0 saturated carbocycles. The van der Waals surface area contributed by atoms with Crippen LogP contribution in [-0.4, -0.2) is 13.2 Å². The van der Waals surface area contributed by atoms with Gasteiger partial charge in [-0.15, -0.1) is 0 Å². The lowest BCUT2D eigenvalue weighted by Crippen LogP contribution is -2.13. The van der Waals surface area contributed by atoms with Crippen LogP contribution in [0.25, 0.3) is 0 Å². The fourth-order valence-electron chi connectivity index (χ4n) is 2.03. The number of nitriles is 1. The van der Waals surface area contributed by atoms with Crippen LogP contribution < -0.4 is 0 Å². The van der Waals surface area contributed by atoms with E-state index in [-0.39, 0.29) is 0 Å². The Balaban J connectivity index is 2.05. The van der Waals surface area contributed by atoms with Gasteiger partial charge < -0.3 is 4.74 Å². The van der Waals surface area contributed by atoms with Crippen molar-refractivity contribution in [2.75, 3.05) is 13.2 Å². The second-order valence-electron chi connectivity index (χ2n) is 3.96. The number of hydrogen-bond donors (Lipinski definition) is 0. The van der Waals surface area contributed by atoms with Crippen LogP contribution in [0.5, 0.6) is 0 Å². The number of rotatable bonds is 2. The van der Waals surface area contributed by atoms with Crippen LogP contribution in [0.3, 0.4) is 0 Å². The smallest absolute Gasteiger partial charge is 0.0669 e. The average Bonchev–Trinajstić information content (AvgIpc) is 2.32. The molecular formula is C13H15NO. The summed E-state index contributed by atoms with van der Waals surface area (Å²) in [6.07, 6.45) is 2.75. The summed E-state index contributed by atoms with van der Waals surface area (Å²) in [5.74, 6) is 0.648. The predicted octanol–water partition coefficient (Wildman–Crippen LogP) is 2.65. The normalized spacial score (nSPS) is 17.3. The summed E-state index contributed by atoms with van der Waals surface area (Å²) in [6, 6.07) is 10.6. The van der Waals surface area contributed by atoms with Crippen LogP contribution in [0.2, 0.25) is 0 Å². The summed E-state index contributed by atoms with van der Waals surface area (Å²) in [4.78, 5) is 0. The molecule has 0 aliphatic carbocycles. The minimum absolute atomic E-state index is 0.508. The lowest BCUT2D eigenvalue weighted by Gasteiger charge is -2.22. The van der Waals surface area contributed by atoms with Crippen LogP contribution in [0.15, 0.2) is 24.3 Å². The van der Waals surface area contributed by atoms with E-state index < -0.39 is 0 Å². The zero-order valence-electron chi connectivity index (χ0n) is 8.78. The highest BCUT2D eigenvalue weighted by molar-refractivity contribution is 5.27. The van der Waals surface area contributed by atoms with Crippen molar-refractivity contribution >= 4 is 0 Å². The van der Waals surface area contributed by atoms with E-state index >= 15 is 0 Å². The van der Waals surface area contributed by atoms with Gasteiger partial charge in [0.25, 0.3) is 0 Å². The molecule has 2 rings (SSSR count). The molecule has 2 heteroatoms. The van der Waals surface area contributed by atoms with Crippen molar-refractivity contribution in [1.82, 2.24) is 0 Å². The van der Waals surface area contributed by atoms with Crippen molar-refractivity contribution in [3.8, 4) is 6.07 Å². The first-order chi connectivity index (χ1) is 7.40. The maximum absolute atomic E-state index is 8.57. The Labute approximate surface area is 90.5 Å². The van der Waals surface area contributed by atoms with Gasteiger partial charge in [-0.1, -0.05) is 24.3 Å². The molecule has 1 fully saturated rings. The summed E-state index contributed by atoms with van der Waals surface area (Å²) in [5, 5.41) is 8.57. The van der Waals surface area contributed by atoms with E-state index in [2.05, 4.69) is 30.3 Å². The molecule has 15 heavy (non-hydrogen) atoms. The standard InChI is InChI=1S/C13H15NO/c14-8-5-11-1-3-12(4-2-11)13-6-9-15-10-7-13/h1-4,13H,5-7,9-10H2. The van der Waals surface area contributed by atoms with E-state index in [1.54, 1.807) is 0 Å². The minimum Gasteiger partial charge on any atom is -0.381 e. The molecule has 1 aromatic rings. The predicted molar refractivity (Wildman–Crippen MR) is 58.6 cm³/mol. The summed E-state index contributed by atoms with van der Waals surface area (Å²) >= 11 is 0. The van der Waals surface area contributed by atoms with Crippen molar-refractivity contribution in [2.45, 2.75) is 25.2 Å². The van der Waals surface area contributed by atoms with Crippen LogP contribution in [0.1, 0.15) is 29.9 Å². The Hall–Kier alpha value is -1.33. The van der Waals surface area contributed by atoms with Gasteiger partial charge in [0.1, 0.15) is 0 Å². The van der Waals surface area contributed by atoms with Gasteiger partial charge in [-0.05, 0) is 29.9 Å². The van der Waals surface area contributed by atoms with Crippen molar-refractivity contribution in [3.63, 3.8) is 0 Å². The van der Waals surface area contributed by atoms with Crippen LogP contribution >= 0.6 is 0 Å². The van der Waals surface area contributed by atoms with Crippen molar-refractivity contribution in [2.24, 2.45) is 0 Å². The fraction of sp³-hybridized carbons (Fsp3) is 0.462. The largest absolute Gasteiger partial charge is 0.381 e. The number of nitrogens with zero attached hydrogens (tertiary/aromatic N) is 1. The molecule has 78 valence electrons. The van der Waals surface area contributed by atoms with Gasteiger partial charge in [-0.2, -0.15) is 5.26 Å². The van der Waals surface area contributed by atoms with E-state index in [0.29, 0.717) is 12.3 Å². The van der Waals surface area contributed by atoms with E-state index in [0.717, 1.165) is 31.6 Å². The summed E-state index contributed by atoms with van der Waals surface area (Å²) in [7, 11) is 0. The minimum atomic E-state index is 0.508. The average molecular weight is 201 g/mol. The molecule has 0 unspecified atom stereocenters. The monoisotopic (exact) mass is 201 g/mol. The van der Waals surface area contributed by atoms with Gasteiger partial charge in [0, 0.05) is 13.2 Å². The van der Waals surface area contributed by atoms with Crippen LogP contribution in [-0.2, 0) is 11.2 Å². The molecule has 1 aliphatic heterocycles. The third kappa shape index (κ3) is 2.57. The molecule has 0 spiro atoms. The van der Waals surface area contributed by atoms with Gasteiger partial charge in [0.05, 0.1) is 12.5 Å². The number of benzene rings is 1. The molecule has 2 nitrogen and oxygen atoms in total. The molecule has 0 radical (unpaired) electrons. The zero-order chi connectivity index (χ0) is 10.5. The SMILES string of the molecule is N#CCc1ccc(C2CCOCC2)cc1. The van der Waals surface area contributed by atoms with Gasteiger partial charge in [0.2, 0.25) is 0 Å². The summed E-state index contributed by atoms with van der Waals surface area (Å²) in [5.41, 5.74) is 2.49. The van der Waals surface area contributed by atoms with Gasteiger partial charge in [0.15, 0.2) is 0 Å². The van der Waals surface area contributed by atoms with Gasteiger partial charge >= 0.3 is 0 Å². The van der Waals surface area contributed by atoms with E-state index in [1.807, 2.05) is 0 Å². The van der Waals surface area contributed by atoms with Gasteiger partial charge in [-0.25, -0.2) is 0 Å². The molecule has 1 aromatic carbocycles. The third-order valence-electron chi connectivity index (χ3n) is 2.96. The van der Waals surface area contributed by atoms with Crippen molar-refractivity contribution in [3.05, 3.63) is 35.4 Å². The molecule has 1 saturated heterocycles. The maximum atomic E-state index is 8.57.